The van der Waals surface area contributed by atoms with Gasteiger partial charge in [-0.25, -0.2) is 0 Å². The van der Waals surface area contributed by atoms with E-state index in [2.05, 4.69) is 0 Å². The van der Waals surface area contributed by atoms with E-state index in [0.717, 1.165) is 45.3 Å². The Morgan fingerprint density at radius 3 is 2.42 bits per heavy atom. The fraction of sp³-hybridized carbons (Fsp3) is 0.900. The molecule has 0 aromatic rings. The van der Waals surface area contributed by atoms with Crippen LogP contribution in [-0.2, 0) is 9.53 Å². The van der Waals surface area contributed by atoms with Crippen molar-refractivity contribution < 1.29 is 9.53 Å². The molecule has 0 spiro atoms. The number of carbonyl (C=O) groups is 1. The lowest BCUT2D eigenvalue weighted by Gasteiger charge is -2.20. The highest BCUT2D eigenvalue weighted by atomic mass is 16.5. The fourth-order valence-corrected chi connectivity index (χ4v) is 1.81. The molecule has 1 heterocycles. The molecule has 0 radical (unpaired) electrons. The zero-order valence-corrected chi connectivity index (χ0v) is 7.42. The molecule has 1 aliphatic heterocycles. The van der Waals surface area contributed by atoms with Crippen molar-refractivity contribution in [1.82, 2.24) is 0 Å². The summed E-state index contributed by atoms with van der Waals surface area (Å²) in [6.45, 7) is 1.73. The zero-order chi connectivity index (χ0) is 8.39. The Hall–Kier alpha value is -0.370. The average molecular weight is 168 g/mol. The van der Waals surface area contributed by atoms with Crippen LogP contribution in [0, 0.1) is 11.8 Å². The lowest BCUT2D eigenvalue weighted by atomic mass is 9.93. The average Bonchev–Trinajstić information content (AvgIpc) is 2.88. The quantitative estimate of drug-likeness (QED) is 0.642. The Bertz CT molecular complexity index is 167. The van der Waals surface area contributed by atoms with E-state index in [4.69, 9.17) is 4.74 Å². The third-order valence-electron chi connectivity index (χ3n) is 2.86. The lowest BCUT2D eigenvalue weighted by molar-refractivity contribution is -0.121. The summed E-state index contributed by atoms with van der Waals surface area (Å²) in [7, 11) is 0. The van der Waals surface area contributed by atoms with E-state index in [-0.39, 0.29) is 0 Å². The second-order valence-corrected chi connectivity index (χ2v) is 4.00. The molecule has 12 heavy (non-hydrogen) atoms. The van der Waals surface area contributed by atoms with Gasteiger partial charge in [-0.15, -0.1) is 0 Å². The number of Topliss-reactive ketones (excluding diaryl/α,β-unsaturated/α-hetero) is 1. The van der Waals surface area contributed by atoms with Crippen LogP contribution in [0.2, 0.25) is 0 Å². The highest BCUT2D eigenvalue weighted by Gasteiger charge is 2.31. The van der Waals surface area contributed by atoms with Gasteiger partial charge in [-0.05, 0) is 31.6 Å². The highest BCUT2D eigenvalue weighted by molar-refractivity contribution is 5.83. The molecule has 0 aromatic heterocycles. The maximum Gasteiger partial charge on any atom is 0.136 e. The molecule has 1 saturated heterocycles. The molecule has 0 unspecified atom stereocenters. The molecule has 0 bridgehead atoms. The minimum atomic E-state index is 0.452. The van der Waals surface area contributed by atoms with Crippen LogP contribution in [-0.4, -0.2) is 19.0 Å². The second kappa shape index (κ2) is 3.56. The SMILES string of the molecule is O=C(CC1CCOCC1)C1CC1. The maximum absolute atomic E-state index is 11.4. The van der Waals surface area contributed by atoms with Gasteiger partial charge in [-0.3, -0.25) is 4.79 Å². The van der Waals surface area contributed by atoms with Crippen LogP contribution in [0.5, 0.6) is 0 Å². The minimum Gasteiger partial charge on any atom is -0.381 e. The number of ketones is 1. The van der Waals surface area contributed by atoms with E-state index in [0.29, 0.717) is 17.6 Å². The largest absolute Gasteiger partial charge is 0.381 e. The van der Waals surface area contributed by atoms with Gasteiger partial charge in [0.25, 0.3) is 0 Å². The molecular formula is C10H16O2. The third-order valence-corrected chi connectivity index (χ3v) is 2.86. The number of hydrogen-bond acceptors (Lipinski definition) is 2. The predicted octanol–water partition coefficient (Wildman–Crippen LogP) is 1.78. The molecule has 0 atom stereocenters. The fourth-order valence-electron chi connectivity index (χ4n) is 1.81. The Balaban J connectivity index is 1.73. The van der Waals surface area contributed by atoms with Crippen LogP contribution in [0.4, 0.5) is 0 Å². The summed E-state index contributed by atoms with van der Waals surface area (Å²) in [5.74, 6) is 1.60. The standard InChI is InChI=1S/C10H16O2/c11-10(9-1-2-9)7-8-3-5-12-6-4-8/h8-9H,1-7H2. The van der Waals surface area contributed by atoms with Crippen molar-refractivity contribution in [2.75, 3.05) is 13.2 Å². The Kier molecular flexibility index (Phi) is 2.45. The second-order valence-electron chi connectivity index (χ2n) is 4.00. The topological polar surface area (TPSA) is 26.3 Å². The van der Waals surface area contributed by atoms with Crippen LogP contribution in [0.1, 0.15) is 32.1 Å². The van der Waals surface area contributed by atoms with Gasteiger partial charge in [0.2, 0.25) is 0 Å². The van der Waals surface area contributed by atoms with Crippen molar-refractivity contribution in [2.45, 2.75) is 32.1 Å². The van der Waals surface area contributed by atoms with Gasteiger partial charge in [0.05, 0.1) is 0 Å². The van der Waals surface area contributed by atoms with Crippen molar-refractivity contribution in [3.63, 3.8) is 0 Å². The van der Waals surface area contributed by atoms with Crippen molar-refractivity contribution in [3.05, 3.63) is 0 Å². The van der Waals surface area contributed by atoms with Crippen LogP contribution in [0.25, 0.3) is 0 Å². The van der Waals surface area contributed by atoms with Crippen LogP contribution in [0.3, 0.4) is 0 Å². The third kappa shape index (κ3) is 2.07. The lowest BCUT2D eigenvalue weighted by Crippen LogP contribution is -2.19. The van der Waals surface area contributed by atoms with Gasteiger partial charge >= 0.3 is 0 Å². The molecule has 2 fully saturated rings. The summed E-state index contributed by atoms with van der Waals surface area (Å²) in [6.07, 6.45) is 5.33. The number of ether oxygens (including phenoxy) is 1. The molecule has 0 N–H and O–H groups in total. The summed E-state index contributed by atoms with van der Waals surface area (Å²) in [4.78, 5) is 11.4. The van der Waals surface area contributed by atoms with Crippen molar-refractivity contribution >= 4 is 5.78 Å². The smallest absolute Gasteiger partial charge is 0.136 e. The van der Waals surface area contributed by atoms with E-state index in [1.165, 1.54) is 0 Å². The molecule has 2 aliphatic rings. The Morgan fingerprint density at radius 1 is 1.17 bits per heavy atom. The molecule has 1 aliphatic carbocycles. The minimum absolute atomic E-state index is 0.452. The van der Waals surface area contributed by atoms with Crippen molar-refractivity contribution in [3.8, 4) is 0 Å². The van der Waals surface area contributed by atoms with E-state index in [1.54, 1.807) is 0 Å². The van der Waals surface area contributed by atoms with Crippen molar-refractivity contribution in [2.24, 2.45) is 11.8 Å². The maximum atomic E-state index is 11.4. The van der Waals surface area contributed by atoms with Gasteiger partial charge in [-0.2, -0.15) is 0 Å². The van der Waals surface area contributed by atoms with E-state index >= 15 is 0 Å². The first kappa shape index (κ1) is 8.24. The van der Waals surface area contributed by atoms with Crippen LogP contribution in [0.15, 0.2) is 0 Å². The van der Waals surface area contributed by atoms with Gasteiger partial charge < -0.3 is 4.74 Å². The van der Waals surface area contributed by atoms with Gasteiger partial charge in [-0.1, -0.05) is 0 Å². The van der Waals surface area contributed by atoms with Gasteiger partial charge in [0.15, 0.2) is 0 Å². The normalized spacial score (nSPS) is 25.7. The molecule has 1 saturated carbocycles. The first-order valence-electron chi connectivity index (χ1n) is 4.96. The molecular weight excluding hydrogens is 152 g/mol. The molecule has 68 valence electrons. The number of rotatable bonds is 3. The molecule has 0 amide bonds. The summed E-state index contributed by atoms with van der Waals surface area (Å²) < 4.78 is 5.25. The predicted molar refractivity (Wildman–Crippen MR) is 45.9 cm³/mol. The first-order chi connectivity index (χ1) is 5.86. The molecule has 2 rings (SSSR count). The zero-order valence-electron chi connectivity index (χ0n) is 7.42. The summed E-state index contributed by atoms with van der Waals surface area (Å²) in [5.41, 5.74) is 0. The van der Waals surface area contributed by atoms with Crippen LogP contribution < -0.4 is 0 Å². The van der Waals surface area contributed by atoms with Crippen molar-refractivity contribution in [1.29, 1.82) is 0 Å². The van der Waals surface area contributed by atoms with Crippen LogP contribution >= 0.6 is 0 Å². The number of carbonyl (C=O) groups excluding carboxylic acids is 1. The first-order valence-corrected chi connectivity index (χ1v) is 4.96. The summed E-state index contributed by atoms with van der Waals surface area (Å²) >= 11 is 0. The molecule has 2 heteroatoms. The Morgan fingerprint density at radius 2 is 1.83 bits per heavy atom. The highest BCUT2D eigenvalue weighted by Crippen LogP contribution is 2.33. The van der Waals surface area contributed by atoms with Gasteiger partial charge in [0.1, 0.15) is 5.78 Å². The monoisotopic (exact) mass is 168 g/mol. The number of hydrogen-bond donors (Lipinski definition) is 0. The molecule has 2 nitrogen and oxygen atoms in total. The summed E-state index contributed by atoms with van der Waals surface area (Å²) in [6, 6.07) is 0. The van der Waals surface area contributed by atoms with E-state index in [9.17, 15) is 4.79 Å². The van der Waals surface area contributed by atoms with Gasteiger partial charge in [0, 0.05) is 25.6 Å². The molecule has 0 aromatic carbocycles. The van der Waals surface area contributed by atoms with E-state index < -0.39 is 0 Å². The summed E-state index contributed by atoms with van der Waals surface area (Å²) in [5, 5.41) is 0. The Labute approximate surface area is 73.3 Å². The van der Waals surface area contributed by atoms with E-state index in [1.807, 2.05) is 0 Å².